The van der Waals surface area contributed by atoms with E-state index in [1.54, 1.807) is 24.1 Å². The maximum atomic E-state index is 12.7. The number of para-hydroxylation sites is 1. The molecule has 0 aliphatic heterocycles. The summed E-state index contributed by atoms with van der Waals surface area (Å²) < 4.78 is 0. The van der Waals surface area contributed by atoms with Crippen molar-refractivity contribution in [1.29, 1.82) is 0 Å². The molecule has 7 nitrogen and oxygen atoms in total. The van der Waals surface area contributed by atoms with Crippen molar-refractivity contribution in [2.75, 3.05) is 5.32 Å². The number of aromatic nitrogens is 2. The van der Waals surface area contributed by atoms with Crippen molar-refractivity contribution < 1.29 is 14.8 Å². The van der Waals surface area contributed by atoms with Gasteiger partial charge in [0.25, 0.3) is 0 Å². The van der Waals surface area contributed by atoms with Crippen molar-refractivity contribution in [2.45, 2.75) is 38.0 Å². The molecule has 1 aromatic heterocycles. The first kappa shape index (κ1) is 18.5. The summed E-state index contributed by atoms with van der Waals surface area (Å²) in [4.78, 5) is 32.0. The number of rotatable bonds is 9. The number of hydrogen-bond acceptors (Lipinski definition) is 5. The third kappa shape index (κ3) is 6.31. The van der Waals surface area contributed by atoms with E-state index in [9.17, 15) is 9.59 Å². The Bertz CT molecular complexity index is 665. The molecule has 0 aliphatic rings. The van der Waals surface area contributed by atoms with Crippen LogP contribution in [0.25, 0.3) is 0 Å². The average Bonchev–Trinajstić information content (AvgIpc) is 2.65. The summed E-state index contributed by atoms with van der Waals surface area (Å²) in [6.07, 6.45) is 7.83. The van der Waals surface area contributed by atoms with Crippen LogP contribution < -0.4 is 10.8 Å². The van der Waals surface area contributed by atoms with Gasteiger partial charge in [-0.2, -0.15) is 0 Å². The Morgan fingerprint density at radius 2 is 1.88 bits per heavy atom. The molecule has 0 bridgehead atoms. The van der Waals surface area contributed by atoms with Gasteiger partial charge in [-0.25, -0.2) is 5.48 Å². The number of benzene rings is 1. The minimum absolute atomic E-state index is 0.125. The van der Waals surface area contributed by atoms with Crippen LogP contribution in [0.1, 0.15) is 43.7 Å². The van der Waals surface area contributed by atoms with E-state index in [1.807, 2.05) is 30.3 Å². The molecule has 1 unspecified atom stereocenters. The van der Waals surface area contributed by atoms with Crippen molar-refractivity contribution in [3.63, 3.8) is 0 Å². The van der Waals surface area contributed by atoms with E-state index in [0.717, 1.165) is 18.5 Å². The number of unbranched alkanes of at least 4 members (excludes halogenated alkanes) is 2. The largest absolute Gasteiger partial charge is 0.326 e. The summed E-state index contributed by atoms with van der Waals surface area (Å²) in [7, 11) is 0. The lowest BCUT2D eigenvalue weighted by Gasteiger charge is -2.16. The molecule has 0 saturated heterocycles. The summed E-state index contributed by atoms with van der Waals surface area (Å²) in [6, 6.07) is 9.27. The van der Waals surface area contributed by atoms with E-state index in [-0.39, 0.29) is 12.3 Å². The molecule has 0 fully saturated rings. The highest BCUT2D eigenvalue weighted by atomic mass is 16.5. The van der Waals surface area contributed by atoms with E-state index in [1.165, 1.54) is 0 Å². The predicted molar refractivity (Wildman–Crippen MR) is 92.9 cm³/mol. The lowest BCUT2D eigenvalue weighted by Crippen LogP contribution is -2.22. The molecular weight excluding hydrogens is 320 g/mol. The molecule has 2 aromatic rings. The molecule has 0 spiro atoms. The molecule has 0 aliphatic carbocycles. The van der Waals surface area contributed by atoms with Crippen LogP contribution in [0.4, 0.5) is 5.69 Å². The smallest absolute Gasteiger partial charge is 0.243 e. The second-order valence-electron chi connectivity index (χ2n) is 5.67. The first-order valence-electron chi connectivity index (χ1n) is 8.25. The molecule has 2 rings (SSSR count). The van der Waals surface area contributed by atoms with Gasteiger partial charge in [-0.1, -0.05) is 31.0 Å². The van der Waals surface area contributed by atoms with Gasteiger partial charge >= 0.3 is 0 Å². The zero-order valence-electron chi connectivity index (χ0n) is 13.9. The number of nitrogens with zero attached hydrogens (tertiary/aromatic N) is 2. The third-order valence-electron chi connectivity index (χ3n) is 3.82. The number of carbonyl (C=O) groups excluding carboxylic acids is 2. The lowest BCUT2D eigenvalue weighted by molar-refractivity contribution is -0.129. The molecule has 3 N–H and O–H groups in total. The Kier molecular flexibility index (Phi) is 7.52. The zero-order valence-corrected chi connectivity index (χ0v) is 13.9. The Balaban J connectivity index is 1.94. The fourth-order valence-corrected chi connectivity index (χ4v) is 2.52. The van der Waals surface area contributed by atoms with E-state index in [2.05, 4.69) is 15.3 Å². The van der Waals surface area contributed by atoms with Crippen LogP contribution in [-0.4, -0.2) is 27.0 Å². The molecule has 7 heteroatoms. The van der Waals surface area contributed by atoms with Crippen LogP contribution in [0.15, 0.2) is 48.9 Å². The van der Waals surface area contributed by atoms with Gasteiger partial charge in [0.05, 0.1) is 11.6 Å². The van der Waals surface area contributed by atoms with Crippen molar-refractivity contribution in [3.05, 3.63) is 54.6 Å². The molecule has 0 saturated carbocycles. The average molecular weight is 342 g/mol. The highest BCUT2D eigenvalue weighted by Crippen LogP contribution is 2.22. The molecule has 2 amide bonds. The van der Waals surface area contributed by atoms with Gasteiger partial charge in [-0.3, -0.25) is 24.8 Å². The highest BCUT2D eigenvalue weighted by Gasteiger charge is 2.22. The maximum absolute atomic E-state index is 12.7. The molecule has 0 radical (unpaired) electrons. The predicted octanol–water partition coefficient (Wildman–Crippen LogP) is 2.65. The van der Waals surface area contributed by atoms with Gasteiger partial charge < -0.3 is 5.32 Å². The van der Waals surface area contributed by atoms with Gasteiger partial charge in [-0.15, -0.1) is 0 Å². The lowest BCUT2D eigenvalue weighted by atomic mass is 9.96. The fourth-order valence-electron chi connectivity index (χ4n) is 2.52. The number of hydrogen-bond donors (Lipinski definition) is 3. The Morgan fingerprint density at radius 1 is 1.08 bits per heavy atom. The molecule has 132 valence electrons. The Hall–Kier alpha value is -2.80. The van der Waals surface area contributed by atoms with Crippen LogP contribution in [-0.2, 0) is 9.59 Å². The second-order valence-corrected chi connectivity index (χ2v) is 5.67. The molecule has 25 heavy (non-hydrogen) atoms. The molecule has 1 aromatic carbocycles. The van der Waals surface area contributed by atoms with Crippen LogP contribution >= 0.6 is 0 Å². The quantitative estimate of drug-likeness (QED) is 0.369. The van der Waals surface area contributed by atoms with Crippen molar-refractivity contribution in [3.8, 4) is 0 Å². The van der Waals surface area contributed by atoms with Crippen LogP contribution in [0.2, 0.25) is 0 Å². The number of hydroxylamine groups is 1. The van der Waals surface area contributed by atoms with Crippen LogP contribution in [0.3, 0.4) is 0 Å². The first-order valence-corrected chi connectivity index (χ1v) is 8.25. The number of carbonyl (C=O) groups is 2. The summed E-state index contributed by atoms with van der Waals surface area (Å²) >= 11 is 0. The van der Waals surface area contributed by atoms with E-state index in [0.29, 0.717) is 18.5 Å². The van der Waals surface area contributed by atoms with Crippen molar-refractivity contribution >= 4 is 17.5 Å². The fraction of sp³-hybridized carbons (Fsp3) is 0.333. The summed E-state index contributed by atoms with van der Waals surface area (Å²) in [6.45, 7) is 0. The molecule has 1 atom stereocenters. The summed E-state index contributed by atoms with van der Waals surface area (Å²) in [5.41, 5.74) is 2.98. The molecular formula is C18H22N4O3. The summed E-state index contributed by atoms with van der Waals surface area (Å²) in [5.74, 6) is -0.923. The van der Waals surface area contributed by atoms with Gasteiger partial charge in [0.2, 0.25) is 11.8 Å². The SMILES string of the molecule is O=C(CCCCCC(C(=O)Nc1ccccc1)c1cnccn1)NO. The summed E-state index contributed by atoms with van der Waals surface area (Å²) in [5, 5.41) is 11.4. The van der Waals surface area contributed by atoms with Gasteiger partial charge in [0, 0.05) is 30.7 Å². The normalized spacial score (nSPS) is 11.6. The first-order chi connectivity index (χ1) is 12.2. The van der Waals surface area contributed by atoms with E-state index < -0.39 is 11.8 Å². The van der Waals surface area contributed by atoms with Crippen LogP contribution in [0.5, 0.6) is 0 Å². The monoisotopic (exact) mass is 342 g/mol. The topological polar surface area (TPSA) is 104 Å². The van der Waals surface area contributed by atoms with E-state index in [4.69, 9.17) is 5.21 Å². The number of anilines is 1. The Morgan fingerprint density at radius 3 is 2.56 bits per heavy atom. The van der Waals surface area contributed by atoms with Crippen LogP contribution in [0, 0.1) is 0 Å². The number of nitrogens with one attached hydrogen (secondary N) is 2. The second kappa shape index (κ2) is 10.1. The van der Waals surface area contributed by atoms with Crippen molar-refractivity contribution in [1.82, 2.24) is 15.4 Å². The molecule has 1 heterocycles. The van der Waals surface area contributed by atoms with Gasteiger partial charge in [-0.05, 0) is 25.0 Å². The number of amides is 2. The minimum Gasteiger partial charge on any atom is -0.326 e. The zero-order chi connectivity index (χ0) is 17.9. The minimum atomic E-state index is -0.402. The van der Waals surface area contributed by atoms with Gasteiger partial charge in [0.15, 0.2) is 0 Å². The van der Waals surface area contributed by atoms with E-state index >= 15 is 0 Å². The van der Waals surface area contributed by atoms with Gasteiger partial charge in [0.1, 0.15) is 0 Å². The maximum Gasteiger partial charge on any atom is 0.243 e. The Labute approximate surface area is 146 Å². The standard InChI is InChI=1S/C18H22N4O3/c23-17(22-25)10-6-2-5-9-15(16-13-19-11-12-20-16)18(24)21-14-7-3-1-4-8-14/h1,3-4,7-8,11-13,15,25H,2,5-6,9-10H2,(H,21,24)(H,22,23). The third-order valence-corrected chi connectivity index (χ3v) is 3.82. The highest BCUT2D eigenvalue weighted by molar-refractivity contribution is 5.95. The van der Waals surface area contributed by atoms with Crippen molar-refractivity contribution in [2.24, 2.45) is 0 Å².